The molecule has 2 aromatic carbocycles. The molecule has 1 aliphatic rings. The SMILES string of the molecule is O=C(Cc1ccc(Cl)cc1)NNC(=O)c1ccc(CN2CCCC2=O)cc1. The number of hydrogen-bond donors (Lipinski definition) is 2. The van der Waals surface area contributed by atoms with E-state index in [1.54, 1.807) is 36.4 Å². The van der Waals surface area contributed by atoms with E-state index in [0.29, 0.717) is 23.6 Å². The van der Waals surface area contributed by atoms with Gasteiger partial charge in [0, 0.05) is 30.1 Å². The van der Waals surface area contributed by atoms with Crippen molar-refractivity contribution in [1.29, 1.82) is 0 Å². The third-order valence-electron chi connectivity index (χ3n) is 4.35. The van der Waals surface area contributed by atoms with Crippen LogP contribution in [0, 0.1) is 0 Å². The molecule has 1 fully saturated rings. The minimum absolute atomic E-state index is 0.139. The Morgan fingerprint density at radius 1 is 0.963 bits per heavy atom. The fourth-order valence-corrected chi connectivity index (χ4v) is 3.01. The van der Waals surface area contributed by atoms with Crippen LogP contribution in [0.1, 0.15) is 34.3 Å². The highest BCUT2D eigenvalue weighted by Gasteiger charge is 2.20. The average Bonchev–Trinajstić information content (AvgIpc) is 3.07. The molecular formula is C20H20ClN3O3. The smallest absolute Gasteiger partial charge is 0.269 e. The lowest BCUT2D eigenvalue weighted by molar-refractivity contribution is -0.128. The van der Waals surface area contributed by atoms with E-state index in [-0.39, 0.29) is 18.2 Å². The maximum atomic E-state index is 12.1. The normalized spacial score (nSPS) is 13.5. The van der Waals surface area contributed by atoms with Crippen LogP contribution in [0.2, 0.25) is 5.02 Å². The third-order valence-corrected chi connectivity index (χ3v) is 4.61. The number of nitrogens with one attached hydrogen (secondary N) is 2. The van der Waals surface area contributed by atoms with E-state index in [1.807, 2.05) is 17.0 Å². The van der Waals surface area contributed by atoms with Crippen molar-refractivity contribution in [3.63, 3.8) is 0 Å². The second kappa shape index (κ2) is 8.68. The van der Waals surface area contributed by atoms with E-state index in [0.717, 1.165) is 24.1 Å². The summed E-state index contributed by atoms with van der Waals surface area (Å²) in [6.45, 7) is 1.33. The molecule has 0 radical (unpaired) electrons. The maximum Gasteiger partial charge on any atom is 0.269 e. The van der Waals surface area contributed by atoms with Gasteiger partial charge in [0.2, 0.25) is 11.8 Å². The molecule has 0 aromatic heterocycles. The van der Waals surface area contributed by atoms with Gasteiger partial charge in [0.25, 0.3) is 5.91 Å². The number of hydrazine groups is 1. The molecule has 6 nitrogen and oxygen atoms in total. The number of rotatable bonds is 5. The van der Waals surface area contributed by atoms with E-state index in [4.69, 9.17) is 11.6 Å². The zero-order chi connectivity index (χ0) is 19.2. The Hall–Kier alpha value is -2.86. The molecule has 3 amide bonds. The van der Waals surface area contributed by atoms with Gasteiger partial charge in [0.05, 0.1) is 6.42 Å². The first-order chi connectivity index (χ1) is 13.0. The predicted octanol–water partition coefficient (Wildman–Crippen LogP) is 2.47. The zero-order valence-corrected chi connectivity index (χ0v) is 15.5. The summed E-state index contributed by atoms with van der Waals surface area (Å²) in [5, 5.41) is 0.602. The quantitative estimate of drug-likeness (QED) is 0.776. The fraction of sp³-hybridized carbons (Fsp3) is 0.250. The minimum Gasteiger partial charge on any atom is -0.338 e. The first-order valence-corrected chi connectivity index (χ1v) is 9.09. The summed E-state index contributed by atoms with van der Waals surface area (Å²) in [4.78, 5) is 37.5. The first kappa shape index (κ1) is 18.9. The van der Waals surface area contributed by atoms with Gasteiger partial charge in [-0.05, 0) is 41.8 Å². The van der Waals surface area contributed by atoms with E-state index < -0.39 is 5.91 Å². The van der Waals surface area contributed by atoms with Crippen LogP contribution >= 0.6 is 11.6 Å². The van der Waals surface area contributed by atoms with E-state index in [2.05, 4.69) is 10.9 Å². The van der Waals surface area contributed by atoms with Gasteiger partial charge < -0.3 is 4.90 Å². The molecule has 2 N–H and O–H groups in total. The molecule has 7 heteroatoms. The van der Waals surface area contributed by atoms with Crippen LogP contribution in [-0.4, -0.2) is 29.2 Å². The molecule has 0 bridgehead atoms. The lowest BCUT2D eigenvalue weighted by Gasteiger charge is -2.15. The van der Waals surface area contributed by atoms with Gasteiger partial charge in [-0.1, -0.05) is 35.9 Å². The van der Waals surface area contributed by atoms with Crippen LogP contribution in [0.15, 0.2) is 48.5 Å². The highest BCUT2D eigenvalue weighted by molar-refractivity contribution is 6.30. The summed E-state index contributed by atoms with van der Waals surface area (Å²) in [6.07, 6.45) is 1.64. The van der Waals surface area contributed by atoms with Crippen molar-refractivity contribution in [2.45, 2.75) is 25.8 Å². The minimum atomic E-state index is -0.400. The number of amides is 3. The van der Waals surface area contributed by atoms with Crippen LogP contribution in [0.3, 0.4) is 0 Å². The lowest BCUT2D eigenvalue weighted by atomic mass is 10.1. The van der Waals surface area contributed by atoms with Crippen LogP contribution < -0.4 is 10.9 Å². The maximum absolute atomic E-state index is 12.1. The number of likely N-dealkylation sites (tertiary alicyclic amines) is 1. The molecular weight excluding hydrogens is 366 g/mol. The summed E-state index contributed by atoms with van der Waals surface area (Å²) in [5.74, 6) is -0.557. The summed E-state index contributed by atoms with van der Waals surface area (Å²) in [6, 6.07) is 13.9. The highest BCUT2D eigenvalue weighted by atomic mass is 35.5. The van der Waals surface area contributed by atoms with E-state index in [1.165, 1.54) is 0 Å². The van der Waals surface area contributed by atoms with Crippen LogP contribution in [0.4, 0.5) is 0 Å². The molecule has 0 saturated carbocycles. The van der Waals surface area contributed by atoms with Gasteiger partial charge in [-0.15, -0.1) is 0 Å². The summed E-state index contributed by atoms with van der Waals surface area (Å²) in [7, 11) is 0. The average molecular weight is 386 g/mol. The van der Waals surface area contributed by atoms with Crippen molar-refractivity contribution in [1.82, 2.24) is 15.8 Å². The summed E-state index contributed by atoms with van der Waals surface area (Å²) >= 11 is 5.81. The van der Waals surface area contributed by atoms with E-state index in [9.17, 15) is 14.4 Å². The fourth-order valence-electron chi connectivity index (χ4n) is 2.88. The van der Waals surface area contributed by atoms with Gasteiger partial charge in [-0.25, -0.2) is 0 Å². The Labute approximate surface area is 162 Å². The Kier molecular flexibility index (Phi) is 6.08. The largest absolute Gasteiger partial charge is 0.338 e. The van der Waals surface area contributed by atoms with Gasteiger partial charge in [-0.3, -0.25) is 25.2 Å². The van der Waals surface area contributed by atoms with Gasteiger partial charge in [0.15, 0.2) is 0 Å². The molecule has 1 saturated heterocycles. The summed E-state index contributed by atoms with van der Waals surface area (Å²) < 4.78 is 0. The van der Waals surface area contributed by atoms with Crippen LogP contribution in [0.5, 0.6) is 0 Å². The first-order valence-electron chi connectivity index (χ1n) is 8.71. The number of carbonyl (C=O) groups is 3. The number of halogens is 1. The molecule has 0 aliphatic carbocycles. The Morgan fingerprint density at radius 3 is 2.26 bits per heavy atom. The van der Waals surface area contributed by atoms with Crippen molar-refractivity contribution in [3.05, 3.63) is 70.2 Å². The second-order valence-electron chi connectivity index (χ2n) is 6.42. The molecule has 1 heterocycles. The molecule has 3 rings (SSSR count). The predicted molar refractivity (Wildman–Crippen MR) is 102 cm³/mol. The topological polar surface area (TPSA) is 78.5 Å². The lowest BCUT2D eigenvalue weighted by Crippen LogP contribution is -2.42. The highest BCUT2D eigenvalue weighted by Crippen LogP contribution is 2.15. The summed E-state index contributed by atoms with van der Waals surface area (Å²) in [5.41, 5.74) is 6.99. The number of carbonyl (C=O) groups excluding carboxylic acids is 3. The third kappa shape index (κ3) is 5.31. The van der Waals surface area contributed by atoms with Crippen molar-refractivity contribution in [3.8, 4) is 0 Å². The Bertz CT molecular complexity index is 835. The molecule has 0 unspecified atom stereocenters. The number of hydrogen-bond acceptors (Lipinski definition) is 3. The second-order valence-corrected chi connectivity index (χ2v) is 6.86. The van der Waals surface area contributed by atoms with Crippen molar-refractivity contribution in [2.24, 2.45) is 0 Å². The molecule has 0 spiro atoms. The molecule has 0 atom stereocenters. The molecule has 140 valence electrons. The Morgan fingerprint density at radius 2 is 1.63 bits per heavy atom. The molecule has 2 aromatic rings. The van der Waals surface area contributed by atoms with Crippen LogP contribution in [-0.2, 0) is 22.6 Å². The van der Waals surface area contributed by atoms with Crippen LogP contribution in [0.25, 0.3) is 0 Å². The van der Waals surface area contributed by atoms with Crippen molar-refractivity contribution < 1.29 is 14.4 Å². The Balaban J connectivity index is 1.48. The molecule has 27 heavy (non-hydrogen) atoms. The number of nitrogens with zero attached hydrogens (tertiary/aromatic N) is 1. The van der Waals surface area contributed by atoms with Gasteiger partial charge in [-0.2, -0.15) is 0 Å². The van der Waals surface area contributed by atoms with Crippen molar-refractivity contribution in [2.75, 3.05) is 6.54 Å². The molecule has 1 aliphatic heterocycles. The number of benzene rings is 2. The monoisotopic (exact) mass is 385 g/mol. The van der Waals surface area contributed by atoms with Gasteiger partial charge >= 0.3 is 0 Å². The van der Waals surface area contributed by atoms with Crippen molar-refractivity contribution >= 4 is 29.3 Å². The van der Waals surface area contributed by atoms with Gasteiger partial charge in [0.1, 0.15) is 0 Å². The standard InChI is InChI=1S/C20H20ClN3O3/c21-17-9-5-14(6-10-17)12-18(25)22-23-20(27)16-7-3-15(4-8-16)13-24-11-1-2-19(24)26/h3-10H,1-2,11-13H2,(H,22,25)(H,23,27). The van der Waals surface area contributed by atoms with E-state index >= 15 is 0 Å². The zero-order valence-electron chi connectivity index (χ0n) is 14.7.